The summed E-state index contributed by atoms with van der Waals surface area (Å²) in [6, 6.07) is 11.0. The molecule has 0 spiro atoms. The lowest BCUT2D eigenvalue weighted by Gasteiger charge is -2.08. The number of aromatic nitrogens is 4. The summed E-state index contributed by atoms with van der Waals surface area (Å²) in [7, 11) is 0. The average Bonchev–Trinajstić information content (AvgIpc) is 2.97. The van der Waals surface area contributed by atoms with E-state index < -0.39 is 17.4 Å². The highest BCUT2D eigenvalue weighted by atomic mass is 19.1. The van der Waals surface area contributed by atoms with E-state index in [1.54, 1.807) is 43.3 Å². The van der Waals surface area contributed by atoms with E-state index in [0.717, 1.165) is 4.68 Å². The molecule has 7 nitrogen and oxygen atoms in total. The molecular weight excluding hydrogens is 301 g/mol. The third-order valence-corrected chi connectivity index (χ3v) is 3.28. The Balaban J connectivity index is 1.81. The number of nitrogens with one attached hydrogen (secondary N) is 2. The van der Waals surface area contributed by atoms with Crippen LogP contribution >= 0.6 is 0 Å². The molecule has 1 heterocycles. The topological polar surface area (TPSA) is 92.7 Å². The monoisotopic (exact) mass is 313 g/mol. The Bertz CT molecular complexity index is 914. The van der Waals surface area contributed by atoms with E-state index in [2.05, 4.69) is 20.8 Å². The fraction of sp³-hybridized carbons (Fsp3) is 0.0667. The molecule has 0 aliphatic heterocycles. The van der Waals surface area contributed by atoms with E-state index in [1.165, 1.54) is 6.07 Å². The minimum atomic E-state index is -0.546. The summed E-state index contributed by atoms with van der Waals surface area (Å²) in [5.74, 6) is -1.09. The number of nitrogens with zero attached hydrogens (tertiary/aromatic N) is 3. The van der Waals surface area contributed by atoms with Gasteiger partial charge in [-0.25, -0.2) is 14.3 Å². The van der Waals surface area contributed by atoms with Crippen LogP contribution in [0.15, 0.2) is 47.3 Å². The minimum absolute atomic E-state index is 0.0261. The van der Waals surface area contributed by atoms with Crippen LogP contribution in [-0.2, 0) is 0 Å². The van der Waals surface area contributed by atoms with Gasteiger partial charge in [0.2, 0.25) is 0 Å². The molecule has 0 fully saturated rings. The molecule has 0 radical (unpaired) electrons. The van der Waals surface area contributed by atoms with Gasteiger partial charge in [0.1, 0.15) is 5.82 Å². The fourth-order valence-corrected chi connectivity index (χ4v) is 2.07. The predicted molar refractivity (Wildman–Crippen MR) is 81.1 cm³/mol. The molecule has 3 rings (SSSR count). The molecule has 3 aromatic rings. The molecule has 0 unspecified atom stereocenters. The van der Waals surface area contributed by atoms with E-state index in [9.17, 15) is 14.0 Å². The Labute approximate surface area is 129 Å². The van der Waals surface area contributed by atoms with Crippen LogP contribution in [0, 0.1) is 12.7 Å². The van der Waals surface area contributed by atoms with Crippen LogP contribution in [-0.4, -0.2) is 26.1 Å². The van der Waals surface area contributed by atoms with Crippen molar-refractivity contribution in [3.05, 3.63) is 69.9 Å². The number of anilines is 1. The van der Waals surface area contributed by atoms with Crippen molar-refractivity contribution in [3.8, 4) is 5.69 Å². The molecule has 116 valence electrons. The average molecular weight is 313 g/mol. The maximum absolute atomic E-state index is 13.9. The standard InChI is InChI=1S/C15H12FN5O2/c1-9-3-2-4-12(13(9)16)14(22)17-10-5-7-11(8-6-10)21-15(23)18-19-20-21/h2-8H,1H3,(H,17,22)(H,18,20,23). The van der Waals surface area contributed by atoms with E-state index in [1.807, 2.05) is 0 Å². The number of aryl methyl sites for hydroxylation is 1. The van der Waals surface area contributed by atoms with Crippen LogP contribution in [0.2, 0.25) is 0 Å². The highest BCUT2D eigenvalue weighted by Crippen LogP contribution is 2.16. The lowest BCUT2D eigenvalue weighted by Crippen LogP contribution is -2.16. The van der Waals surface area contributed by atoms with Gasteiger partial charge < -0.3 is 5.32 Å². The number of rotatable bonds is 3. The van der Waals surface area contributed by atoms with Gasteiger partial charge >= 0.3 is 5.69 Å². The summed E-state index contributed by atoms with van der Waals surface area (Å²) in [5, 5.41) is 11.8. The van der Waals surface area contributed by atoms with E-state index >= 15 is 0 Å². The summed E-state index contributed by atoms with van der Waals surface area (Å²) in [6.07, 6.45) is 0. The molecule has 8 heteroatoms. The number of carbonyl (C=O) groups excluding carboxylic acids is 1. The Morgan fingerprint density at radius 2 is 1.96 bits per heavy atom. The summed E-state index contributed by atoms with van der Waals surface area (Å²) >= 11 is 0. The quantitative estimate of drug-likeness (QED) is 0.769. The van der Waals surface area contributed by atoms with Crippen molar-refractivity contribution >= 4 is 11.6 Å². The van der Waals surface area contributed by atoms with Crippen LogP contribution in [0.1, 0.15) is 15.9 Å². The van der Waals surface area contributed by atoms with E-state index in [4.69, 9.17) is 0 Å². The number of tetrazole rings is 1. The zero-order valence-electron chi connectivity index (χ0n) is 12.1. The molecule has 0 atom stereocenters. The number of H-pyrrole nitrogens is 1. The first-order chi connectivity index (χ1) is 11.1. The summed E-state index contributed by atoms with van der Waals surface area (Å²) in [6.45, 7) is 1.59. The first kappa shape index (κ1) is 14.6. The van der Waals surface area contributed by atoms with Crippen LogP contribution < -0.4 is 11.0 Å². The third-order valence-electron chi connectivity index (χ3n) is 3.28. The number of carbonyl (C=O) groups is 1. The Morgan fingerprint density at radius 1 is 1.22 bits per heavy atom. The van der Waals surface area contributed by atoms with Gasteiger partial charge in [0.25, 0.3) is 5.91 Å². The predicted octanol–water partition coefficient (Wildman–Crippen LogP) is 1.66. The second-order valence-corrected chi connectivity index (χ2v) is 4.86. The van der Waals surface area contributed by atoms with Crippen molar-refractivity contribution in [2.24, 2.45) is 0 Å². The zero-order valence-corrected chi connectivity index (χ0v) is 12.1. The van der Waals surface area contributed by atoms with Crippen LogP contribution in [0.5, 0.6) is 0 Å². The number of aromatic amines is 1. The molecular formula is C15H12FN5O2. The van der Waals surface area contributed by atoms with E-state index in [0.29, 0.717) is 16.9 Å². The molecule has 1 amide bonds. The molecule has 1 aromatic heterocycles. The molecule has 0 saturated heterocycles. The number of hydrogen-bond acceptors (Lipinski definition) is 4. The number of halogens is 1. The Kier molecular flexibility index (Phi) is 3.71. The van der Waals surface area contributed by atoms with Crippen molar-refractivity contribution in [3.63, 3.8) is 0 Å². The number of amides is 1. The second kappa shape index (κ2) is 5.84. The van der Waals surface area contributed by atoms with Crippen molar-refractivity contribution in [1.29, 1.82) is 0 Å². The lowest BCUT2D eigenvalue weighted by molar-refractivity contribution is 0.102. The maximum atomic E-state index is 13.9. The SMILES string of the molecule is Cc1cccc(C(=O)Nc2ccc(-n3nn[nH]c3=O)cc2)c1F. The van der Waals surface area contributed by atoms with Crippen molar-refractivity contribution in [2.45, 2.75) is 6.92 Å². The molecule has 0 bridgehead atoms. The Morgan fingerprint density at radius 3 is 2.61 bits per heavy atom. The highest BCUT2D eigenvalue weighted by Gasteiger charge is 2.13. The van der Waals surface area contributed by atoms with Gasteiger partial charge in [0.15, 0.2) is 0 Å². The van der Waals surface area contributed by atoms with Gasteiger partial charge in [-0.1, -0.05) is 12.1 Å². The van der Waals surface area contributed by atoms with Gasteiger partial charge in [0, 0.05) is 5.69 Å². The third kappa shape index (κ3) is 2.86. The first-order valence-electron chi connectivity index (χ1n) is 6.73. The molecule has 23 heavy (non-hydrogen) atoms. The van der Waals surface area contributed by atoms with Crippen molar-refractivity contribution in [1.82, 2.24) is 20.2 Å². The minimum Gasteiger partial charge on any atom is -0.322 e. The summed E-state index contributed by atoms with van der Waals surface area (Å²) in [5.41, 5.74) is 0.864. The zero-order chi connectivity index (χ0) is 16.4. The molecule has 0 saturated carbocycles. The molecule has 2 N–H and O–H groups in total. The summed E-state index contributed by atoms with van der Waals surface area (Å²) < 4.78 is 15.0. The molecule has 0 aliphatic rings. The van der Waals surface area contributed by atoms with E-state index in [-0.39, 0.29) is 5.56 Å². The van der Waals surface area contributed by atoms with Gasteiger partial charge in [-0.2, -0.15) is 4.68 Å². The van der Waals surface area contributed by atoms with Crippen molar-refractivity contribution < 1.29 is 9.18 Å². The van der Waals surface area contributed by atoms with Gasteiger partial charge in [-0.05, 0) is 53.2 Å². The van der Waals surface area contributed by atoms with Gasteiger partial charge in [-0.3, -0.25) is 4.79 Å². The highest BCUT2D eigenvalue weighted by molar-refractivity contribution is 6.04. The lowest BCUT2D eigenvalue weighted by atomic mass is 10.1. The maximum Gasteiger partial charge on any atom is 0.365 e. The first-order valence-corrected chi connectivity index (χ1v) is 6.73. The van der Waals surface area contributed by atoms with Crippen molar-refractivity contribution in [2.75, 3.05) is 5.32 Å². The molecule has 2 aromatic carbocycles. The summed E-state index contributed by atoms with van der Waals surface area (Å²) in [4.78, 5) is 23.5. The smallest absolute Gasteiger partial charge is 0.322 e. The van der Waals surface area contributed by atoms with Gasteiger partial charge in [0.05, 0.1) is 11.3 Å². The van der Waals surface area contributed by atoms with Gasteiger partial charge in [-0.15, -0.1) is 0 Å². The largest absolute Gasteiger partial charge is 0.365 e. The van der Waals surface area contributed by atoms with Crippen LogP contribution in [0.3, 0.4) is 0 Å². The fourth-order valence-electron chi connectivity index (χ4n) is 2.07. The normalized spacial score (nSPS) is 10.5. The second-order valence-electron chi connectivity index (χ2n) is 4.86. The number of hydrogen-bond donors (Lipinski definition) is 2. The number of benzene rings is 2. The Hall–Kier alpha value is -3.29. The molecule has 0 aliphatic carbocycles. The van der Waals surface area contributed by atoms with Crippen LogP contribution in [0.25, 0.3) is 5.69 Å². The van der Waals surface area contributed by atoms with Crippen LogP contribution in [0.4, 0.5) is 10.1 Å².